The van der Waals surface area contributed by atoms with Crippen molar-refractivity contribution in [3.05, 3.63) is 35.5 Å². The molecule has 1 spiro atoms. The molecule has 1 amide bonds. The lowest BCUT2D eigenvalue weighted by atomic mass is 9.77. The van der Waals surface area contributed by atoms with Crippen molar-refractivity contribution in [3.63, 3.8) is 0 Å². The average molecular weight is 387 g/mol. The molecule has 4 atom stereocenters. The van der Waals surface area contributed by atoms with E-state index in [-0.39, 0.29) is 11.3 Å². The number of carboxylic acids is 1. The number of carboxylic acid groups (broad SMARTS) is 1. The molecule has 0 radical (unpaired) electrons. The Kier molecular flexibility index (Phi) is 5.59. The summed E-state index contributed by atoms with van der Waals surface area (Å²) in [6, 6.07) is 0. The fraction of sp³-hybridized carbons (Fsp3) is 0.652. The molecule has 5 nitrogen and oxygen atoms in total. The average Bonchev–Trinajstić information content (AvgIpc) is 3.21. The Balaban J connectivity index is 1.62. The van der Waals surface area contributed by atoms with Gasteiger partial charge in [-0.3, -0.25) is 4.79 Å². The highest BCUT2D eigenvalue weighted by atomic mass is 16.5. The molecule has 0 N–H and O–H groups in total. The number of allylic oxidation sites excluding steroid dienone is 4. The quantitative estimate of drug-likeness (QED) is 0.601. The van der Waals surface area contributed by atoms with Gasteiger partial charge >= 0.3 is 0 Å². The van der Waals surface area contributed by atoms with E-state index in [2.05, 4.69) is 46.8 Å². The Morgan fingerprint density at radius 2 is 2.07 bits per heavy atom. The number of hydrogen-bond donors (Lipinski definition) is 0. The molecular weight excluding hydrogens is 354 g/mol. The zero-order valence-corrected chi connectivity index (χ0v) is 17.7. The van der Waals surface area contributed by atoms with Crippen molar-refractivity contribution in [3.8, 4) is 0 Å². The molecule has 3 heterocycles. The van der Waals surface area contributed by atoms with Crippen LogP contribution >= 0.6 is 0 Å². The Morgan fingerprint density at radius 3 is 2.71 bits per heavy atom. The van der Waals surface area contributed by atoms with Crippen LogP contribution in [0.25, 0.3) is 0 Å². The summed E-state index contributed by atoms with van der Waals surface area (Å²) in [6.45, 7) is 11.7. The molecule has 0 saturated carbocycles. The number of nitrogens with zero attached hydrogens (tertiary/aromatic N) is 1. The number of aliphatic carboxylic acids is 1. The summed E-state index contributed by atoms with van der Waals surface area (Å²) in [5, 5.41) is 11.6. The standard InChI is InChI=1S/C23H33NO4/c1-15(2)7-6-8-16(3)9-11-22(4,5)13-24-14-23-12-10-17(28-23)18(21(26)27)19(23)20(24)25/h7,9-10,12,17-19H,6,8,11,13-14H2,1-5H3,(H,26,27)/p-1/b16-9-/t17-,18-,19+,23+/m0/s1. The van der Waals surface area contributed by atoms with Crippen LogP contribution in [-0.2, 0) is 14.3 Å². The van der Waals surface area contributed by atoms with Crippen molar-refractivity contribution in [1.82, 2.24) is 4.90 Å². The molecule has 2 fully saturated rings. The van der Waals surface area contributed by atoms with E-state index >= 15 is 0 Å². The van der Waals surface area contributed by atoms with Crippen molar-refractivity contribution >= 4 is 11.9 Å². The Labute approximate surface area is 168 Å². The number of amides is 1. The van der Waals surface area contributed by atoms with E-state index < -0.39 is 29.5 Å². The Bertz CT molecular complexity index is 744. The third-order valence-electron chi connectivity index (χ3n) is 6.16. The van der Waals surface area contributed by atoms with Gasteiger partial charge in [0.05, 0.1) is 18.6 Å². The normalized spacial score (nSPS) is 31.5. The first-order valence-electron chi connectivity index (χ1n) is 10.2. The minimum Gasteiger partial charge on any atom is -0.550 e. The number of fused-ring (bicyclic) bond motifs is 1. The topological polar surface area (TPSA) is 69.7 Å². The van der Waals surface area contributed by atoms with Gasteiger partial charge in [0.1, 0.15) is 5.60 Å². The van der Waals surface area contributed by atoms with E-state index in [4.69, 9.17) is 4.74 Å². The summed E-state index contributed by atoms with van der Waals surface area (Å²) in [7, 11) is 0. The van der Waals surface area contributed by atoms with Crippen molar-refractivity contribution in [1.29, 1.82) is 0 Å². The summed E-state index contributed by atoms with van der Waals surface area (Å²) in [4.78, 5) is 26.4. The highest BCUT2D eigenvalue weighted by Crippen LogP contribution is 2.52. The largest absolute Gasteiger partial charge is 0.550 e. The predicted molar refractivity (Wildman–Crippen MR) is 106 cm³/mol. The second-order valence-electron chi connectivity index (χ2n) is 9.65. The van der Waals surface area contributed by atoms with Crippen LogP contribution in [0, 0.1) is 17.3 Å². The molecule has 0 aliphatic carbocycles. The molecule has 3 rings (SSSR count). The second kappa shape index (κ2) is 7.51. The van der Waals surface area contributed by atoms with E-state index in [1.165, 1.54) is 11.1 Å². The highest BCUT2D eigenvalue weighted by Gasteiger charge is 2.65. The molecule has 3 aliphatic heterocycles. The van der Waals surface area contributed by atoms with Crippen molar-refractivity contribution < 1.29 is 19.4 Å². The first-order valence-corrected chi connectivity index (χ1v) is 10.2. The summed E-state index contributed by atoms with van der Waals surface area (Å²) in [6.07, 6.45) is 10.6. The highest BCUT2D eigenvalue weighted by molar-refractivity contribution is 5.90. The monoisotopic (exact) mass is 386 g/mol. The second-order valence-corrected chi connectivity index (χ2v) is 9.65. The number of ether oxygens (including phenoxy) is 1. The summed E-state index contributed by atoms with van der Waals surface area (Å²) in [5.41, 5.74) is 1.82. The maximum absolute atomic E-state index is 13.0. The van der Waals surface area contributed by atoms with Crippen LogP contribution in [-0.4, -0.2) is 41.6 Å². The Hall–Kier alpha value is -1.88. The summed E-state index contributed by atoms with van der Waals surface area (Å²) >= 11 is 0. The third kappa shape index (κ3) is 3.95. The fourth-order valence-electron chi connectivity index (χ4n) is 4.70. The van der Waals surface area contributed by atoms with Gasteiger partial charge in [0.15, 0.2) is 0 Å². The molecule has 3 aliphatic rings. The van der Waals surface area contributed by atoms with E-state index in [0.29, 0.717) is 13.1 Å². The van der Waals surface area contributed by atoms with E-state index in [9.17, 15) is 14.7 Å². The molecule has 28 heavy (non-hydrogen) atoms. The maximum atomic E-state index is 13.0. The molecule has 2 bridgehead atoms. The molecule has 0 aromatic carbocycles. The fourth-order valence-corrected chi connectivity index (χ4v) is 4.70. The molecular formula is C23H32NO4-. The number of likely N-dealkylation sites (tertiary alicyclic amines) is 1. The van der Waals surface area contributed by atoms with E-state index in [0.717, 1.165) is 19.3 Å². The van der Waals surface area contributed by atoms with Crippen LogP contribution in [0.15, 0.2) is 35.5 Å². The summed E-state index contributed by atoms with van der Waals surface area (Å²) in [5.74, 6) is -2.82. The van der Waals surface area contributed by atoms with Gasteiger partial charge in [-0.05, 0) is 45.4 Å². The number of carbonyl (C=O) groups excluding carboxylic acids is 2. The smallest absolute Gasteiger partial charge is 0.229 e. The molecule has 0 unspecified atom stereocenters. The maximum Gasteiger partial charge on any atom is 0.229 e. The van der Waals surface area contributed by atoms with Crippen molar-refractivity contribution in [2.75, 3.05) is 13.1 Å². The van der Waals surface area contributed by atoms with E-state index in [1.54, 1.807) is 11.0 Å². The van der Waals surface area contributed by atoms with Crippen LogP contribution in [0.1, 0.15) is 53.9 Å². The van der Waals surface area contributed by atoms with Gasteiger partial charge in [-0.25, -0.2) is 0 Å². The Morgan fingerprint density at radius 1 is 1.36 bits per heavy atom. The molecule has 5 heteroatoms. The molecule has 0 aromatic rings. The first-order chi connectivity index (χ1) is 13.0. The van der Waals surface area contributed by atoms with Gasteiger partial charge in [0, 0.05) is 18.4 Å². The van der Waals surface area contributed by atoms with Crippen LogP contribution in [0.5, 0.6) is 0 Å². The molecule has 0 aromatic heterocycles. The zero-order valence-electron chi connectivity index (χ0n) is 17.7. The summed E-state index contributed by atoms with van der Waals surface area (Å²) < 4.78 is 5.92. The minimum absolute atomic E-state index is 0.0958. The lowest BCUT2D eigenvalue weighted by Crippen LogP contribution is -2.45. The zero-order chi connectivity index (χ0) is 20.7. The first kappa shape index (κ1) is 20.8. The van der Waals surface area contributed by atoms with Gasteiger partial charge in [-0.2, -0.15) is 0 Å². The lowest BCUT2D eigenvalue weighted by Gasteiger charge is -2.31. The third-order valence-corrected chi connectivity index (χ3v) is 6.16. The van der Waals surface area contributed by atoms with Gasteiger partial charge in [-0.15, -0.1) is 0 Å². The van der Waals surface area contributed by atoms with Crippen molar-refractivity contribution in [2.24, 2.45) is 17.3 Å². The van der Waals surface area contributed by atoms with Crippen LogP contribution in [0.2, 0.25) is 0 Å². The number of rotatable bonds is 8. The number of hydrogen-bond acceptors (Lipinski definition) is 4. The van der Waals surface area contributed by atoms with Crippen LogP contribution in [0.3, 0.4) is 0 Å². The predicted octanol–water partition coefficient (Wildman–Crippen LogP) is 2.63. The van der Waals surface area contributed by atoms with Crippen LogP contribution in [0.4, 0.5) is 0 Å². The molecule has 154 valence electrons. The van der Waals surface area contributed by atoms with Crippen LogP contribution < -0.4 is 5.11 Å². The minimum atomic E-state index is -1.19. The lowest BCUT2D eigenvalue weighted by molar-refractivity contribution is -0.313. The van der Waals surface area contributed by atoms with Gasteiger partial charge in [0.2, 0.25) is 5.91 Å². The van der Waals surface area contributed by atoms with Gasteiger partial charge < -0.3 is 19.5 Å². The van der Waals surface area contributed by atoms with Gasteiger partial charge in [-0.1, -0.05) is 49.3 Å². The van der Waals surface area contributed by atoms with E-state index in [1.807, 2.05) is 6.08 Å². The number of carbonyl (C=O) groups is 2. The molecule has 2 saturated heterocycles. The SMILES string of the molecule is CC(C)=CCC/C(C)=C\CC(C)(C)CN1C[C@@]23C=C[C@H](O2)[C@H](C(=O)[O-])[C@@H]3C1=O. The van der Waals surface area contributed by atoms with Gasteiger partial charge in [0.25, 0.3) is 0 Å². The van der Waals surface area contributed by atoms with Crippen molar-refractivity contribution in [2.45, 2.75) is 65.6 Å².